The molecule has 0 bridgehead atoms. The van der Waals surface area contributed by atoms with Gasteiger partial charge in [-0.15, -0.1) is 11.8 Å². The van der Waals surface area contributed by atoms with Crippen molar-refractivity contribution in [1.82, 2.24) is 15.5 Å². The van der Waals surface area contributed by atoms with Crippen LogP contribution in [-0.2, 0) is 0 Å². The maximum Gasteiger partial charge on any atom is 0.0518 e. The fourth-order valence-electron chi connectivity index (χ4n) is 1.96. The molecule has 0 aliphatic carbocycles. The van der Waals surface area contributed by atoms with Crippen molar-refractivity contribution in [1.29, 1.82) is 0 Å². The van der Waals surface area contributed by atoms with Gasteiger partial charge in [-0.05, 0) is 43.9 Å². The number of rotatable bonds is 5. The molecule has 1 heterocycles. The Morgan fingerprint density at radius 3 is 2.39 bits per heavy atom. The number of aromatic amines is 1. The number of benzene rings is 1. The normalized spacial score (nSPS) is 14.4. The van der Waals surface area contributed by atoms with E-state index in [0.717, 1.165) is 5.69 Å². The lowest BCUT2D eigenvalue weighted by Gasteiger charge is -2.19. The zero-order valence-corrected chi connectivity index (χ0v) is 11.8. The fraction of sp³-hybridized carbons (Fsp3) is 0.357. The first kappa shape index (κ1) is 13.2. The highest BCUT2D eigenvalue weighted by Gasteiger charge is 2.11. The maximum atomic E-state index is 3.98. The Morgan fingerprint density at radius 2 is 1.83 bits per heavy atom. The topological polar surface area (TPSA) is 40.7 Å². The van der Waals surface area contributed by atoms with Crippen molar-refractivity contribution in [2.45, 2.75) is 30.8 Å². The molecule has 0 fully saturated rings. The molecular formula is C14H19N3S. The number of thioether (sulfide) groups is 1. The molecule has 96 valence electrons. The van der Waals surface area contributed by atoms with E-state index in [9.17, 15) is 0 Å². The zero-order chi connectivity index (χ0) is 13.0. The van der Waals surface area contributed by atoms with E-state index in [1.165, 1.54) is 10.5 Å². The lowest BCUT2D eigenvalue weighted by Crippen LogP contribution is -2.22. The Bertz CT molecular complexity index is 464. The number of nitrogens with one attached hydrogen (secondary N) is 2. The van der Waals surface area contributed by atoms with Crippen LogP contribution in [0, 0.1) is 0 Å². The van der Waals surface area contributed by atoms with Crippen LogP contribution < -0.4 is 5.32 Å². The van der Waals surface area contributed by atoms with Crippen LogP contribution in [0.15, 0.2) is 41.4 Å². The number of nitrogens with zero attached hydrogens (tertiary/aromatic N) is 1. The number of hydrogen-bond acceptors (Lipinski definition) is 3. The van der Waals surface area contributed by atoms with Crippen LogP contribution in [-0.4, -0.2) is 16.5 Å². The highest BCUT2D eigenvalue weighted by Crippen LogP contribution is 2.21. The second kappa shape index (κ2) is 6.07. The van der Waals surface area contributed by atoms with Crippen LogP contribution in [0.4, 0.5) is 0 Å². The summed E-state index contributed by atoms with van der Waals surface area (Å²) >= 11 is 1.77. The quantitative estimate of drug-likeness (QED) is 0.809. The van der Waals surface area contributed by atoms with E-state index in [4.69, 9.17) is 0 Å². The number of aromatic nitrogens is 2. The van der Waals surface area contributed by atoms with Gasteiger partial charge in [0, 0.05) is 23.2 Å². The van der Waals surface area contributed by atoms with Gasteiger partial charge in [0.15, 0.2) is 0 Å². The molecule has 2 aromatic rings. The standard InChI is InChI=1S/C14H19N3S/c1-10(12-4-6-13(18-3)7-5-12)16-11(2)14-8-9-15-17-14/h4-11,16H,1-3H3,(H,15,17). The van der Waals surface area contributed by atoms with E-state index >= 15 is 0 Å². The molecule has 2 N–H and O–H groups in total. The van der Waals surface area contributed by atoms with Gasteiger partial charge in [-0.1, -0.05) is 12.1 Å². The molecule has 0 saturated carbocycles. The molecule has 4 heteroatoms. The molecule has 0 saturated heterocycles. The fourth-order valence-corrected chi connectivity index (χ4v) is 2.37. The average molecular weight is 261 g/mol. The van der Waals surface area contributed by atoms with E-state index in [2.05, 4.69) is 59.9 Å². The molecule has 0 aliphatic heterocycles. The molecule has 3 nitrogen and oxygen atoms in total. The van der Waals surface area contributed by atoms with E-state index in [-0.39, 0.29) is 6.04 Å². The summed E-state index contributed by atoms with van der Waals surface area (Å²) in [5.41, 5.74) is 2.42. The van der Waals surface area contributed by atoms with E-state index in [1.807, 2.05) is 6.07 Å². The second-order valence-electron chi connectivity index (χ2n) is 4.40. The summed E-state index contributed by atoms with van der Waals surface area (Å²) in [6, 6.07) is 11.3. The third kappa shape index (κ3) is 3.15. The van der Waals surface area contributed by atoms with Crippen molar-refractivity contribution >= 4 is 11.8 Å². The average Bonchev–Trinajstić information content (AvgIpc) is 2.92. The van der Waals surface area contributed by atoms with Gasteiger partial charge in [-0.25, -0.2) is 0 Å². The molecule has 0 radical (unpaired) electrons. The molecule has 2 atom stereocenters. The summed E-state index contributed by atoms with van der Waals surface area (Å²) in [4.78, 5) is 1.30. The minimum absolute atomic E-state index is 0.266. The van der Waals surface area contributed by atoms with Crippen molar-refractivity contribution in [2.24, 2.45) is 0 Å². The van der Waals surface area contributed by atoms with Crippen LogP contribution in [0.3, 0.4) is 0 Å². The molecule has 0 aliphatic rings. The number of H-pyrrole nitrogens is 1. The molecule has 1 aromatic carbocycles. The Hall–Kier alpha value is -1.26. The van der Waals surface area contributed by atoms with Gasteiger partial charge in [0.1, 0.15) is 0 Å². The van der Waals surface area contributed by atoms with Crippen molar-refractivity contribution in [3.05, 3.63) is 47.8 Å². The molecule has 1 aromatic heterocycles. The van der Waals surface area contributed by atoms with Gasteiger partial charge in [0.2, 0.25) is 0 Å². The molecular weight excluding hydrogens is 242 g/mol. The van der Waals surface area contributed by atoms with Crippen molar-refractivity contribution in [3.63, 3.8) is 0 Å². The maximum absolute atomic E-state index is 3.98. The Labute approximate surface area is 112 Å². The molecule has 18 heavy (non-hydrogen) atoms. The van der Waals surface area contributed by atoms with Crippen molar-refractivity contribution in [3.8, 4) is 0 Å². The van der Waals surface area contributed by atoms with Crippen molar-refractivity contribution in [2.75, 3.05) is 6.26 Å². The van der Waals surface area contributed by atoms with E-state index in [0.29, 0.717) is 6.04 Å². The van der Waals surface area contributed by atoms with Gasteiger partial charge in [0.05, 0.1) is 5.69 Å². The highest BCUT2D eigenvalue weighted by atomic mass is 32.2. The number of hydrogen-bond donors (Lipinski definition) is 2. The summed E-state index contributed by atoms with van der Waals surface area (Å²) < 4.78 is 0. The summed E-state index contributed by atoms with van der Waals surface area (Å²) in [7, 11) is 0. The van der Waals surface area contributed by atoms with Crippen LogP contribution in [0.25, 0.3) is 0 Å². The van der Waals surface area contributed by atoms with Crippen LogP contribution in [0.1, 0.15) is 37.2 Å². The largest absolute Gasteiger partial charge is 0.302 e. The summed E-state index contributed by atoms with van der Waals surface area (Å²) in [5.74, 6) is 0. The van der Waals surface area contributed by atoms with Crippen LogP contribution in [0.5, 0.6) is 0 Å². The Kier molecular flexibility index (Phi) is 4.44. The van der Waals surface area contributed by atoms with Gasteiger partial charge in [-0.3, -0.25) is 5.10 Å². The van der Waals surface area contributed by atoms with E-state index in [1.54, 1.807) is 18.0 Å². The van der Waals surface area contributed by atoms with Gasteiger partial charge < -0.3 is 5.32 Å². The third-order valence-corrected chi connectivity index (χ3v) is 3.85. The Morgan fingerprint density at radius 1 is 1.11 bits per heavy atom. The summed E-state index contributed by atoms with van der Waals surface area (Å²) in [6.07, 6.45) is 3.88. The predicted molar refractivity (Wildman–Crippen MR) is 76.8 cm³/mol. The van der Waals surface area contributed by atoms with Crippen LogP contribution >= 0.6 is 11.8 Å². The zero-order valence-electron chi connectivity index (χ0n) is 11.0. The highest BCUT2D eigenvalue weighted by molar-refractivity contribution is 7.98. The minimum Gasteiger partial charge on any atom is -0.302 e. The molecule has 2 unspecified atom stereocenters. The first-order valence-electron chi connectivity index (χ1n) is 6.10. The van der Waals surface area contributed by atoms with Gasteiger partial charge >= 0.3 is 0 Å². The van der Waals surface area contributed by atoms with Gasteiger partial charge in [0.25, 0.3) is 0 Å². The molecule has 2 rings (SSSR count). The lowest BCUT2D eigenvalue weighted by molar-refractivity contribution is 0.485. The molecule has 0 spiro atoms. The Balaban J connectivity index is 2.00. The van der Waals surface area contributed by atoms with Crippen molar-refractivity contribution < 1.29 is 0 Å². The predicted octanol–water partition coefficient (Wildman–Crippen LogP) is 3.54. The van der Waals surface area contributed by atoms with Gasteiger partial charge in [-0.2, -0.15) is 5.10 Å². The summed E-state index contributed by atoms with van der Waals surface area (Å²) in [5, 5.41) is 10.5. The van der Waals surface area contributed by atoms with Crippen LogP contribution in [0.2, 0.25) is 0 Å². The van der Waals surface area contributed by atoms with E-state index < -0.39 is 0 Å². The SMILES string of the molecule is CSc1ccc(C(C)NC(C)c2ccn[nH]2)cc1. The molecule has 0 amide bonds. The smallest absolute Gasteiger partial charge is 0.0518 e. The minimum atomic E-state index is 0.266. The lowest BCUT2D eigenvalue weighted by atomic mass is 10.1. The first-order valence-corrected chi connectivity index (χ1v) is 7.32. The first-order chi connectivity index (χ1) is 8.70. The monoisotopic (exact) mass is 261 g/mol. The third-order valence-electron chi connectivity index (χ3n) is 3.10. The summed E-state index contributed by atoms with van der Waals surface area (Å²) in [6.45, 7) is 4.32. The second-order valence-corrected chi connectivity index (χ2v) is 5.27.